The zero-order chi connectivity index (χ0) is 26.7. The van der Waals surface area contributed by atoms with Crippen LogP contribution in [0.1, 0.15) is 50.5 Å². The summed E-state index contributed by atoms with van der Waals surface area (Å²) in [4.78, 5) is 39.3. The van der Waals surface area contributed by atoms with Gasteiger partial charge in [-0.25, -0.2) is 9.59 Å². The summed E-state index contributed by atoms with van der Waals surface area (Å²) in [7, 11) is 4.29. The van der Waals surface area contributed by atoms with Crippen molar-refractivity contribution < 1.29 is 37.8 Å². The zero-order valence-corrected chi connectivity index (χ0v) is 20.6. The van der Waals surface area contributed by atoms with Crippen LogP contribution in [0.4, 0.5) is 18.0 Å². The number of urea groups is 1. The van der Waals surface area contributed by atoms with Gasteiger partial charge in [-0.05, 0) is 64.1 Å². The highest BCUT2D eigenvalue weighted by Crippen LogP contribution is 2.49. The van der Waals surface area contributed by atoms with Gasteiger partial charge in [-0.15, -0.1) is 0 Å². The lowest BCUT2D eigenvalue weighted by molar-refractivity contribution is -0.192. The maximum atomic E-state index is 13.1. The molecule has 2 saturated carbocycles. The lowest BCUT2D eigenvalue weighted by Crippen LogP contribution is -2.56. The maximum Gasteiger partial charge on any atom is 0.490 e. The molecule has 1 aromatic rings. The Balaban J connectivity index is 0.000000454. The number of aliphatic carboxylic acids is 2. The van der Waals surface area contributed by atoms with Crippen LogP contribution in [0.2, 0.25) is 0 Å². The van der Waals surface area contributed by atoms with E-state index in [0.717, 1.165) is 32.2 Å². The van der Waals surface area contributed by atoms with Crippen LogP contribution in [0.5, 0.6) is 0 Å². The molecule has 2 amide bonds. The molecule has 1 aliphatic heterocycles. The van der Waals surface area contributed by atoms with E-state index in [1.54, 1.807) is 4.90 Å². The molecule has 3 fully saturated rings. The molecule has 200 valence electrons. The molecule has 1 heterocycles. The van der Waals surface area contributed by atoms with E-state index in [1.165, 1.54) is 24.8 Å². The molecular formula is C25H34F3N3O5. The molecule has 0 aromatic heterocycles. The first-order valence-corrected chi connectivity index (χ1v) is 12.1. The molecule has 1 aromatic carbocycles. The minimum absolute atomic E-state index is 0.0298. The number of nitrogens with zero attached hydrogens (tertiary/aromatic N) is 3. The molecule has 36 heavy (non-hydrogen) atoms. The van der Waals surface area contributed by atoms with Crippen LogP contribution in [0.3, 0.4) is 0 Å². The Morgan fingerprint density at radius 2 is 1.61 bits per heavy atom. The molecule has 1 saturated heterocycles. The minimum Gasteiger partial charge on any atom is -0.480 e. The predicted octanol–water partition coefficient (Wildman–Crippen LogP) is 4.01. The molecule has 1 spiro atoms. The van der Waals surface area contributed by atoms with E-state index in [4.69, 9.17) is 9.90 Å². The molecule has 0 radical (unpaired) electrons. The number of benzene rings is 1. The number of hydrogen-bond acceptors (Lipinski definition) is 4. The third-order valence-corrected chi connectivity index (χ3v) is 7.97. The normalized spacial score (nSPS) is 26.6. The SMILES string of the molecule is CN(C)C1(c2ccccc2)CCC2(CC1)CN(CC(=O)O)C(=O)N2CC1CCC1.O=C(O)C(F)(F)F. The van der Waals surface area contributed by atoms with Crippen LogP contribution in [-0.2, 0) is 15.1 Å². The van der Waals surface area contributed by atoms with E-state index in [-0.39, 0.29) is 23.7 Å². The van der Waals surface area contributed by atoms with E-state index in [9.17, 15) is 27.9 Å². The standard InChI is InChI=1S/C23H33N3O3.C2HF3O2/c1-24(2)23(19-9-4-3-5-10-19)13-11-22(12-14-23)17-25(16-20(27)28)21(29)26(22)15-18-7-6-8-18;3-2(4,5)1(6)7/h3-5,9-10,18H,6-8,11-17H2,1-2H3,(H,27,28);(H,6,7). The second-order valence-electron chi connectivity index (χ2n) is 10.3. The van der Waals surface area contributed by atoms with Gasteiger partial charge in [0.25, 0.3) is 0 Å². The van der Waals surface area contributed by atoms with Crippen molar-refractivity contribution in [3.8, 4) is 0 Å². The Bertz CT molecular complexity index is 942. The molecule has 8 nitrogen and oxygen atoms in total. The van der Waals surface area contributed by atoms with Crippen molar-refractivity contribution in [3.63, 3.8) is 0 Å². The Morgan fingerprint density at radius 1 is 1.06 bits per heavy atom. The smallest absolute Gasteiger partial charge is 0.480 e. The molecular weight excluding hydrogens is 479 g/mol. The van der Waals surface area contributed by atoms with Crippen LogP contribution in [0, 0.1) is 5.92 Å². The monoisotopic (exact) mass is 513 g/mol. The summed E-state index contributed by atoms with van der Waals surface area (Å²) < 4.78 is 31.7. The first kappa shape index (κ1) is 27.8. The number of carbonyl (C=O) groups excluding carboxylic acids is 1. The van der Waals surface area contributed by atoms with Gasteiger partial charge in [0.15, 0.2) is 0 Å². The Labute approximate surface area is 208 Å². The topological polar surface area (TPSA) is 101 Å². The second kappa shape index (κ2) is 10.7. The van der Waals surface area contributed by atoms with Crippen molar-refractivity contribution in [2.45, 2.75) is 62.2 Å². The van der Waals surface area contributed by atoms with Crippen molar-refractivity contribution in [2.24, 2.45) is 5.92 Å². The number of amides is 2. The fourth-order valence-corrected chi connectivity index (χ4v) is 5.67. The van der Waals surface area contributed by atoms with E-state index in [1.807, 2.05) is 0 Å². The molecule has 0 unspecified atom stereocenters. The number of carboxylic acid groups (broad SMARTS) is 2. The summed E-state index contributed by atoms with van der Waals surface area (Å²) in [6.07, 6.45) is 2.30. The molecule has 0 bridgehead atoms. The first-order chi connectivity index (χ1) is 16.8. The van der Waals surface area contributed by atoms with Crippen LogP contribution in [0.15, 0.2) is 30.3 Å². The fourth-order valence-electron chi connectivity index (χ4n) is 5.67. The second-order valence-corrected chi connectivity index (χ2v) is 10.3. The van der Waals surface area contributed by atoms with Gasteiger partial charge in [0, 0.05) is 18.6 Å². The average Bonchev–Trinajstić information content (AvgIpc) is 3.01. The van der Waals surface area contributed by atoms with Gasteiger partial charge < -0.3 is 20.0 Å². The predicted molar refractivity (Wildman–Crippen MR) is 125 cm³/mol. The van der Waals surface area contributed by atoms with Gasteiger partial charge in [-0.1, -0.05) is 36.8 Å². The Morgan fingerprint density at radius 3 is 2.03 bits per heavy atom. The van der Waals surface area contributed by atoms with Crippen molar-refractivity contribution in [3.05, 3.63) is 35.9 Å². The van der Waals surface area contributed by atoms with Crippen molar-refractivity contribution in [2.75, 3.05) is 33.7 Å². The minimum atomic E-state index is -5.08. The van der Waals surface area contributed by atoms with Crippen LogP contribution >= 0.6 is 0 Å². The number of carbonyl (C=O) groups is 3. The maximum absolute atomic E-state index is 13.1. The number of alkyl halides is 3. The van der Waals surface area contributed by atoms with E-state index < -0.39 is 18.1 Å². The summed E-state index contributed by atoms with van der Waals surface area (Å²) in [5, 5.41) is 16.4. The molecule has 0 atom stereocenters. The Kier molecular flexibility index (Phi) is 8.22. The van der Waals surface area contributed by atoms with Crippen LogP contribution < -0.4 is 0 Å². The third kappa shape index (κ3) is 5.77. The van der Waals surface area contributed by atoms with Crippen molar-refractivity contribution >= 4 is 18.0 Å². The molecule has 4 rings (SSSR count). The lowest BCUT2D eigenvalue weighted by atomic mass is 9.68. The molecule has 11 heteroatoms. The number of carboxylic acids is 2. The van der Waals surface area contributed by atoms with E-state index in [0.29, 0.717) is 12.5 Å². The molecule has 2 N–H and O–H groups in total. The van der Waals surface area contributed by atoms with Crippen LogP contribution in [0.25, 0.3) is 0 Å². The number of halogens is 3. The lowest BCUT2D eigenvalue weighted by Gasteiger charge is -2.51. The first-order valence-electron chi connectivity index (χ1n) is 12.1. The average molecular weight is 514 g/mol. The van der Waals surface area contributed by atoms with E-state index in [2.05, 4.69) is 54.2 Å². The number of rotatable bonds is 6. The van der Waals surface area contributed by atoms with Gasteiger partial charge in [0.05, 0.1) is 5.54 Å². The highest BCUT2D eigenvalue weighted by Gasteiger charge is 2.55. The third-order valence-electron chi connectivity index (χ3n) is 7.97. The highest BCUT2D eigenvalue weighted by molar-refractivity contribution is 5.83. The largest absolute Gasteiger partial charge is 0.490 e. The van der Waals surface area contributed by atoms with Gasteiger partial charge in [0.2, 0.25) is 0 Å². The summed E-state index contributed by atoms with van der Waals surface area (Å²) >= 11 is 0. The van der Waals surface area contributed by atoms with Crippen molar-refractivity contribution in [1.82, 2.24) is 14.7 Å². The van der Waals surface area contributed by atoms with Gasteiger partial charge in [-0.2, -0.15) is 13.2 Å². The van der Waals surface area contributed by atoms with Crippen molar-refractivity contribution in [1.29, 1.82) is 0 Å². The molecule has 3 aliphatic rings. The summed E-state index contributed by atoms with van der Waals surface area (Å²) in [6, 6.07) is 10.6. The van der Waals surface area contributed by atoms with Crippen LogP contribution in [-0.4, -0.2) is 88.3 Å². The number of hydrogen-bond donors (Lipinski definition) is 2. The quantitative estimate of drug-likeness (QED) is 0.596. The summed E-state index contributed by atoms with van der Waals surface area (Å²) in [5.41, 5.74) is 1.08. The van der Waals surface area contributed by atoms with Gasteiger partial charge in [0.1, 0.15) is 6.54 Å². The fraction of sp³-hybridized carbons (Fsp3) is 0.640. The Hall–Kier alpha value is -2.82. The molecule has 2 aliphatic carbocycles. The zero-order valence-electron chi connectivity index (χ0n) is 20.6. The summed E-state index contributed by atoms with van der Waals surface area (Å²) in [6.45, 7) is 1.14. The van der Waals surface area contributed by atoms with Gasteiger partial charge in [-0.3, -0.25) is 9.69 Å². The summed E-state index contributed by atoms with van der Waals surface area (Å²) in [5.74, 6) is -3.11. The van der Waals surface area contributed by atoms with Gasteiger partial charge >= 0.3 is 24.1 Å². The highest BCUT2D eigenvalue weighted by atomic mass is 19.4. The van der Waals surface area contributed by atoms with E-state index >= 15 is 0 Å².